The van der Waals surface area contributed by atoms with Crippen LogP contribution in [0.2, 0.25) is 5.02 Å². The molecule has 1 aliphatic rings. The Morgan fingerprint density at radius 3 is 2.53 bits per heavy atom. The van der Waals surface area contributed by atoms with Gasteiger partial charge in [0, 0.05) is 56.1 Å². The minimum Gasteiger partial charge on any atom is -0.368 e. The molecule has 0 saturated carbocycles. The number of non-ortho nitro benzene ring substituents is 1. The van der Waals surface area contributed by atoms with E-state index >= 15 is 0 Å². The number of benzene rings is 2. The first-order chi connectivity index (χ1) is 14.4. The first-order valence-corrected chi connectivity index (χ1v) is 10.8. The molecule has 0 spiro atoms. The fourth-order valence-electron chi connectivity index (χ4n) is 3.50. The zero-order valence-corrected chi connectivity index (χ0v) is 17.9. The fourth-order valence-corrected chi connectivity index (χ4v) is 4.55. The largest absolute Gasteiger partial charge is 0.368 e. The number of thioether (sulfide) groups is 1. The minimum atomic E-state index is -0.406. The highest BCUT2D eigenvalue weighted by molar-refractivity contribution is 7.99. The van der Waals surface area contributed by atoms with Gasteiger partial charge in [0.25, 0.3) is 5.69 Å². The zero-order valence-electron chi connectivity index (χ0n) is 16.3. The van der Waals surface area contributed by atoms with Crippen LogP contribution in [-0.4, -0.2) is 57.2 Å². The van der Waals surface area contributed by atoms with Crippen LogP contribution in [0, 0.1) is 10.1 Å². The number of nitro groups is 1. The standard InChI is InChI=1S/C20H20ClN5O3S/c1-23-18-7-2-14(21)12-17(18)22-20(23)30-13-19(27)25-10-8-24(9-11-25)15-3-5-16(6-4-15)26(28)29/h2-7,12H,8-11,13H2,1H3. The molecule has 0 unspecified atom stereocenters. The lowest BCUT2D eigenvalue weighted by Crippen LogP contribution is -2.49. The number of nitrogens with zero attached hydrogens (tertiary/aromatic N) is 5. The smallest absolute Gasteiger partial charge is 0.269 e. The highest BCUT2D eigenvalue weighted by Crippen LogP contribution is 2.26. The van der Waals surface area contributed by atoms with Gasteiger partial charge in [0.1, 0.15) is 0 Å². The number of aromatic nitrogens is 2. The van der Waals surface area contributed by atoms with Crippen molar-refractivity contribution in [2.75, 3.05) is 36.8 Å². The zero-order chi connectivity index (χ0) is 21.3. The topological polar surface area (TPSA) is 84.5 Å². The molecule has 1 aromatic heterocycles. The van der Waals surface area contributed by atoms with Gasteiger partial charge in [-0.1, -0.05) is 23.4 Å². The Labute approximate surface area is 182 Å². The average Bonchev–Trinajstić information content (AvgIpc) is 3.06. The Morgan fingerprint density at radius 1 is 1.17 bits per heavy atom. The molecule has 1 amide bonds. The van der Waals surface area contributed by atoms with Crippen molar-refractivity contribution in [2.45, 2.75) is 5.16 Å². The molecule has 2 heterocycles. The SMILES string of the molecule is Cn1c(SCC(=O)N2CCN(c3ccc([N+](=O)[O-])cc3)CC2)nc2cc(Cl)ccc21. The number of piperazine rings is 1. The first-order valence-electron chi connectivity index (χ1n) is 9.44. The van der Waals surface area contributed by atoms with E-state index in [4.69, 9.17) is 11.6 Å². The van der Waals surface area contributed by atoms with Crippen molar-refractivity contribution in [3.63, 3.8) is 0 Å². The van der Waals surface area contributed by atoms with Crippen molar-refractivity contribution in [3.8, 4) is 0 Å². The number of fused-ring (bicyclic) bond motifs is 1. The van der Waals surface area contributed by atoms with Crippen molar-refractivity contribution in [3.05, 3.63) is 57.6 Å². The summed E-state index contributed by atoms with van der Waals surface area (Å²) < 4.78 is 1.97. The minimum absolute atomic E-state index is 0.0773. The van der Waals surface area contributed by atoms with Gasteiger partial charge >= 0.3 is 0 Å². The number of carbonyl (C=O) groups excluding carboxylic acids is 1. The van der Waals surface area contributed by atoms with Gasteiger partial charge in [-0.2, -0.15) is 0 Å². The molecule has 1 aliphatic heterocycles. The number of aryl methyl sites for hydroxylation is 1. The van der Waals surface area contributed by atoms with Crippen molar-refractivity contribution < 1.29 is 9.72 Å². The van der Waals surface area contributed by atoms with Crippen LogP contribution in [0.5, 0.6) is 0 Å². The number of carbonyl (C=O) groups is 1. The molecule has 4 rings (SSSR count). The van der Waals surface area contributed by atoms with Gasteiger partial charge in [0.2, 0.25) is 5.91 Å². The summed E-state index contributed by atoms with van der Waals surface area (Å²) in [6, 6.07) is 12.1. The molecule has 1 fully saturated rings. The molecule has 30 heavy (non-hydrogen) atoms. The van der Waals surface area contributed by atoms with Crippen LogP contribution in [0.1, 0.15) is 0 Å². The molecule has 1 saturated heterocycles. The summed E-state index contributed by atoms with van der Waals surface area (Å²) in [5.41, 5.74) is 2.80. The number of halogens is 1. The lowest BCUT2D eigenvalue weighted by atomic mass is 10.2. The molecule has 0 bridgehead atoms. The molecule has 0 N–H and O–H groups in total. The van der Waals surface area contributed by atoms with E-state index in [1.54, 1.807) is 12.1 Å². The van der Waals surface area contributed by atoms with E-state index in [0.717, 1.165) is 21.9 Å². The summed E-state index contributed by atoms with van der Waals surface area (Å²) in [7, 11) is 1.93. The molecule has 8 nitrogen and oxygen atoms in total. The van der Waals surface area contributed by atoms with Gasteiger partial charge in [-0.25, -0.2) is 4.98 Å². The van der Waals surface area contributed by atoms with Gasteiger partial charge in [0.15, 0.2) is 5.16 Å². The summed E-state index contributed by atoms with van der Waals surface area (Å²) in [5, 5.41) is 12.2. The van der Waals surface area contributed by atoms with Crippen LogP contribution in [0.4, 0.5) is 11.4 Å². The Hall–Kier alpha value is -2.78. The molecular weight excluding hydrogens is 426 g/mol. The van der Waals surface area contributed by atoms with Crippen molar-refractivity contribution >= 4 is 51.7 Å². The van der Waals surface area contributed by atoms with Crippen LogP contribution < -0.4 is 4.90 Å². The second kappa shape index (κ2) is 8.53. The van der Waals surface area contributed by atoms with Crippen LogP contribution in [-0.2, 0) is 11.8 Å². The summed E-state index contributed by atoms with van der Waals surface area (Å²) in [6.07, 6.45) is 0. The Balaban J connectivity index is 1.32. The Kier molecular flexibility index (Phi) is 5.83. The number of rotatable bonds is 5. The molecule has 2 aromatic carbocycles. The highest BCUT2D eigenvalue weighted by atomic mass is 35.5. The Morgan fingerprint density at radius 2 is 1.87 bits per heavy atom. The molecule has 156 valence electrons. The van der Waals surface area contributed by atoms with E-state index in [1.165, 1.54) is 23.9 Å². The number of hydrogen-bond donors (Lipinski definition) is 0. The van der Waals surface area contributed by atoms with Crippen LogP contribution in [0.15, 0.2) is 47.6 Å². The van der Waals surface area contributed by atoms with E-state index in [0.29, 0.717) is 37.0 Å². The normalized spacial score (nSPS) is 14.3. The summed E-state index contributed by atoms with van der Waals surface area (Å²) in [5.74, 6) is 0.399. The molecule has 3 aromatic rings. The lowest BCUT2D eigenvalue weighted by molar-refractivity contribution is -0.384. The van der Waals surface area contributed by atoms with E-state index < -0.39 is 4.92 Å². The van der Waals surface area contributed by atoms with E-state index in [9.17, 15) is 14.9 Å². The molecule has 0 aliphatic carbocycles. The second-order valence-electron chi connectivity index (χ2n) is 7.02. The molecule has 0 atom stereocenters. The predicted octanol–water partition coefficient (Wildman–Crippen LogP) is 3.58. The van der Waals surface area contributed by atoms with E-state index in [2.05, 4.69) is 9.88 Å². The van der Waals surface area contributed by atoms with Gasteiger partial charge in [-0.05, 0) is 30.3 Å². The fraction of sp³-hybridized carbons (Fsp3) is 0.300. The number of anilines is 1. The number of imidazole rings is 1. The summed E-state index contributed by atoms with van der Waals surface area (Å²) in [6.45, 7) is 2.63. The number of nitro benzene ring substituents is 1. The molecular formula is C20H20ClN5O3S. The van der Waals surface area contributed by atoms with Crippen LogP contribution >= 0.6 is 23.4 Å². The summed E-state index contributed by atoms with van der Waals surface area (Å²) in [4.78, 5) is 31.6. The van der Waals surface area contributed by atoms with Gasteiger partial charge in [0.05, 0.1) is 21.7 Å². The van der Waals surface area contributed by atoms with Crippen LogP contribution in [0.3, 0.4) is 0 Å². The van der Waals surface area contributed by atoms with E-state index in [1.807, 2.05) is 34.7 Å². The van der Waals surface area contributed by atoms with Gasteiger partial charge in [-0.3, -0.25) is 14.9 Å². The second-order valence-corrected chi connectivity index (χ2v) is 8.40. The summed E-state index contributed by atoms with van der Waals surface area (Å²) >= 11 is 7.46. The lowest BCUT2D eigenvalue weighted by Gasteiger charge is -2.36. The third kappa shape index (κ3) is 4.22. The van der Waals surface area contributed by atoms with Crippen LogP contribution in [0.25, 0.3) is 11.0 Å². The maximum Gasteiger partial charge on any atom is 0.269 e. The molecule has 0 radical (unpaired) electrons. The van der Waals surface area contributed by atoms with Crippen molar-refractivity contribution in [1.82, 2.24) is 14.5 Å². The predicted molar refractivity (Wildman–Crippen MR) is 118 cm³/mol. The maximum atomic E-state index is 12.7. The van der Waals surface area contributed by atoms with Gasteiger partial charge < -0.3 is 14.4 Å². The monoisotopic (exact) mass is 445 g/mol. The average molecular weight is 446 g/mol. The third-order valence-electron chi connectivity index (χ3n) is 5.18. The highest BCUT2D eigenvalue weighted by Gasteiger charge is 2.22. The van der Waals surface area contributed by atoms with Crippen molar-refractivity contribution in [2.24, 2.45) is 7.05 Å². The maximum absolute atomic E-state index is 12.7. The van der Waals surface area contributed by atoms with Gasteiger partial charge in [-0.15, -0.1) is 0 Å². The quantitative estimate of drug-likeness (QED) is 0.339. The van der Waals surface area contributed by atoms with Crippen molar-refractivity contribution in [1.29, 1.82) is 0 Å². The first kappa shape index (κ1) is 20.5. The Bertz CT molecular complexity index is 1090. The van der Waals surface area contributed by atoms with E-state index in [-0.39, 0.29) is 11.6 Å². The number of amides is 1. The number of hydrogen-bond acceptors (Lipinski definition) is 6. The molecule has 10 heteroatoms. The third-order valence-corrected chi connectivity index (χ3v) is 6.43.